The van der Waals surface area contributed by atoms with Gasteiger partial charge in [0.15, 0.2) is 5.76 Å². The largest absolute Gasteiger partial charge is 0.366 e. The Labute approximate surface area is 133 Å². The average Bonchev–Trinajstić information content (AvgIpc) is 3.15. The molecule has 0 bridgehead atoms. The third-order valence-electron chi connectivity index (χ3n) is 4.30. The van der Waals surface area contributed by atoms with Gasteiger partial charge in [0.2, 0.25) is 0 Å². The number of rotatable bonds is 4. The van der Waals surface area contributed by atoms with Crippen LogP contribution < -0.4 is 5.73 Å². The van der Waals surface area contributed by atoms with Gasteiger partial charge in [-0.15, -0.1) is 0 Å². The fourth-order valence-electron chi connectivity index (χ4n) is 3.01. The highest BCUT2D eigenvalue weighted by Crippen LogP contribution is 2.41. The van der Waals surface area contributed by atoms with Crippen molar-refractivity contribution < 1.29 is 9.32 Å². The monoisotopic (exact) mass is 307 g/mol. The molecule has 0 radical (unpaired) electrons. The second-order valence-corrected chi connectivity index (χ2v) is 5.94. The third kappa shape index (κ3) is 2.34. The second kappa shape index (κ2) is 5.12. The molecule has 0 spiro atoms. The van der Waals surface area contributed by atoms with E-state index in [0.717, 1.165) is 35.5 Å². The molecule has 3 aromatic rings. The molecule has 1 aliphatic rings. The predicted octanol–water partition coefficient (Wildman–Crippen LogP) is 3.55. The number of hydrogen-bond donors (Lipinski definition) is 1. The lowest BCUT2D eigenvalue weighted by atomic mass is 10.1. The van der Waals surface area contributed by atoms with E-state index in [1.165, 1.54) is 0 Å². The maximum absolute atomic E-state index is 11.7. The van der Waals surface area contributed by atoms with Crippen LogP contribution in [0.15, 0.2) is 47.0 Å². The Morgan fingerprint density at radius 1 is 1.26 bits per heavy atom. The van der Waals surface area contributed by atoms with Crippen LogP contribution in [0.3, 0.4) is 0 Å². The van der Waals surface area contributed by atoms with Crippen molar-refractivity contribution >= 4 is 5.91 Å². The molecule has 5 nitrogen and oxygen atoms in total. The van der Waals surface area contributed by atoms with Crippen molar-refractivity contribution in [2.24, 2.45) is 5.73 Å². The average molecular weight is 307 g/mol. The fraction of sp³-hybridized carbons (Fsp3) is 0.222. The first-order chi connectivity index (χ1) is 11.1. The molecule has 5 heteroatoms. The summed E-state index contributed by atoms with van der Waals surface area (Å²) in [6.45, 7) is 1.93. The van der Waals surface area contributed by atoms with Crippen molar-refractivity contribution in [2.45, 2.75) is 25.8 Å². The van der Waals surface area contributed by atoms with Crippen LogP contribution in [0.25, 0.3) is 22.7 Å². The molecule has 116 valence electrons. The van der Waals surface area contributed by atoms with Gasteiger partial charge in [0.05, 0.1) is 11.3 Å². The number of aromatic nitrogens is 2. The topological polar surface area (TPSA) is 74.1 Å². The van der Waals surface area contributed by atoms with E-state index < -0.39 is 5.91 Å². The number of hydrogen-bond acceptors (Lipinski definition) is 3. The summed E-state index contributed by atoms with van der Waals surface area (Å²) in [6, 6.07) is 14.0. The Kier molecular flexibility index (Phi) is 3.08. The highest BCUT2D eigenvalue weighted by molar-refractivity contribution is 5.95. The van der Waals surface area contributed by atoms with Gasteiger partial charge in [-0.05, 0) is 25.8 Å². The van der Waals surface area contributed by atoms with Crippen LogP contribution in [0.5, 0.6) is 0 Å². The van der Waals surface area contributed by atoms with E-state index >= 15 is 0 Å². The second-order valence-electron chi connectivity index (χ2n) is 5.94. The smallest absolute Gasteiger partial charge is 0.250 e. The third-order valence-corrected chi connectivity index (χ3v) is 4.30. The Hall–Kier alpha value is -2.82. The molecule has 2 heterocycles. The Morgan fingerprint density at radius 3 is 2.65 bits per heavy atom. The lowest BCUT2D eigenvalue weighted by Crippen LogP contribution is -2.12. The van der Waals surface area contributed by atoms with Gasteiger partial charge in [-0.3, -0.25) is 4.79 Å². The molecule has 4 rings (SSSR count). The number of benzene rings is 1. The lowest BCUT2D eigenvalue weighted by Gasteiger charge is -2.08. The minimum absolute atomic E-state index is 0.407. The molecule has 1 aromatic carbocycles. The van der Waals surface area contributed by atoms with Crippen LogP contribution in [0, 0.1) is 6.92 Å². The van der Waals surface area contributed by atoms with Gasteiger partial charge >= 0.3 is 0 Å². The van der Waals surface area contributed by atoms with E-state index in [1.54, 1.807) is 0 Å². The van der Waals surface area contributed by atoms with Crippen LogP contribution in [0.1, 0.15) is 34.9 Å². The van der Waals surface area contributed by atoms with E-state index in [2.05, 4.69) is 9.72 Å². The summed E-state index contributed by atoms with van der Waals surface area (Å²) in [7, 11) is 0. The summed E-state index contributed by atoms with van der Waals surface area (Å²) in [5.41, 5.74) is 9.55. The number of nitrogens with zero attached hydrogens (tertiary/aromatic N) is 2. The number of nitrogens with two attached hydrogens (primary N) is 1. The van der Waals surface area contributed by atoms with Crippen LogP contribution >= 0.6 is 0 Å². The van der Waals surface area contributed by atoms with Gasteiger partial charge in [-0.1, -0.05) is 35.5 Å². The lowest BCUT2D eigenvalue weighted by molar-refractivity contribution is 0.0999. The first kappa shape index (κ1) is 13.8. The van der Waals surface area contributed by atoms with Crippen molar-refractivity contribution in [3.8, 4) is 22.7 Å². The van der Waals surface area contributed by atoms with Crippen LogP contribution in [-0.4, -0.2) is 15.6 Å². The van der Waals surface area contributed by atoms with Gasteiger partial charge < -0.3 is 14.8 Å². The molecule has 0 atom stereocenters. The number of carbonyl (C=O) groups is 1. The molecule has 0 aliphatic heterocycles. The van der Waals surface area contributed by atoms with E-state index in [4.69, 9.17) is 10.3 Å². The molecule has 1 fully saturated rings. The maximum Gasteiger partial charge on any atom is 0.250 e. The molecule has 0 unspecified atom stereocenters. The van der Waals surface area contributed by atoms with Crippen molar-refractivity contribution in [3.05, 3.63) is 53.7 Å². The Morgan fingerprint density at radius 2 is 2.00 bits per heavy atom. The van der Waals surface area contributed by atoms with Gasteiger partial charge in [0, 0.05) is 23.4 Å². The molecular weight excluding hydrogens is 290 g/mol. The zero-order valence-electron chi connectivity index (χ0n) is 12.8. The zero-order chi connectivity index (χ0) is 16.0. The number of carbonyl (C=O) groups excluding carboxylic acids is 1. The summed E-state index contributed by atoms with van der Waals surface area (Å²) in [4.78, 5) is 11.7. The SMILES string of the molecule is Cc1c(C(N)=O)cc(-c2cc(-c3ccccc3)on2)n1C1CC1. The van der Waals surface area contributed by atoms with Gasteiger partial charge in [0.1, 0.15) is 5.69 Å². The van der Waals surface area contributed by atoms with Crippen LogP contribution in [-0.2, 0) is 0 Å². The van der Waals surface area contributed by atoms with E-state index in [1.807, 2.05) is 49.4 Å². The number of primary amides is 1. The van der Waals surface area contributed by atoms with E-state index in [9.17, 15) is 4.79 Å². The fourth-order valence-corrected chi connectivity index (χ4v) is 3.01. The van der Waals surface area contributed by atoms with E-state index in [-0.39, 0.29) is 0 Å². The standard InChI is InChI=1S/C18H17N3O2/c1-11-14(18(19)22)9-16(21(11)13-7-8-13)15-10-17(23-20-15)12-5-3-2-4-6-12/h2-6,9-10,13H,7-8H2,1H3,(H2,19,22). The highest BCUT2D eigenvalue weighted by Gasteiger charge is 2.30. The van der Waals surface area contributed by atoms with Gasteiger partial charge in [-0.2, -0.15) is 0 Å². The van der Waals surface area contributed by atoms with E-state index in [0.29, 0.717) is 17.4 Å². The molecule has 23 heavy (non-hydrogen) atoms. The summed E-state index contributed by atoms with van der Waals surface area (Å²) < 4.78 is 7.65. The highest BCUT2D eigenvalue weighted by atomic mass is 16.5. The normalized spacial score (nSPS) is 14.1. The first-order valence-corrected chi connectivity index (χ1v) is 7.69. The van der Waals surface area contributed by atoms with Crippen molar-refractivity contribution in [1.82, 2.24) is 9.72 Å². The summed E-state index contributed by atoms with van der Waals surface area (Å²) >= 11 is 0. The quantitative estimate of drug-likeness (QED) is 0.801. The summed E-state index contributed by atoms with van der Waals surface area (Å²) in [5, 5.41) is 4.20. The molecule has 2 aromatic heterocycles. The van der Waals surface area contributed by atoms with Crippen molar-refractivity contribution in [3.63, 3.8) is 0 Å². The zero-order valence-corrected chi connectivity index (χ0v) is 12.8. The number of amides is 1. The Bertz CT molecular complexity index is 873. The maximum atomic E-state index is 11.7. The van der Waals surface area contributed by atoms with Crippen LogP contribution in [0.4, 0.5) is 0 Å². The molecule has 1 aliphatic carbocycles. The molecule has 1 saturated carbocycles. The molecular formula is C18H17N3O2. The molecule has 2 N–H and O–H groups in total. The van der Waals surface area contributed by atoms with Crippen molar-refractivity contribution in [2.75, 3.05) is 0 Å². The van der Waals surface area contributed by atoms with Crippen LogP contribution in [0.2, 0.25) is 0 Å². The predicted molar refractivity (Wildman–Crippen MR) is 86.9 cm³/mol. The van der Waals surface area contributed by atoms with Gasteiger partial charge in [0.25, 0.3) is 5.91 Å². The minimum atomic E-state index is -0.407. The van der Waals surface area contributed by atoms with Crippen molar-refractivity contribution in [1.29, 1.82) is 0 Å². The van der Waals surface area contributed by atoms with Gasteiger partial charge in [-0.25, -0.2) is 0 Å². The molecule has 1 amide bonds. The summed E-state index contributed by atoms with van der Waals surface area (Å²) in [5.74, 6) is 0.303. The first-order valence-electron chi connectivity index (χ1n) is 7.69. The molecule has 0 saturated heterocycles. The minimum Gasteiger partial charge on any atom is -0.366 e. The Balaban J connectivity index is 1.81. The summed E-state index contributed by atoms with van der Waals surface area (Å²) in [6.07, 6.45) is 2.23.